The topological polar surface area (TPSA) is 120 Å². The van der Waals surface area contributed by atoms with Gasteiger partial charge in [0, 0.05) is 6.07 Å². The van der Waals surface area contributed by atoms with E-state index in [0.717, 1.165) is 0 Å². The highest BCUT2D eigenvalue weighted by molar-refractivity contribution is 5.86. The molecule has 9 heteroatoms. The maximum atomic E-state index is 11.2. The number of hydrogen-bond donors (Lipinski definition) is 1. The van der Waals surface area contributed by atoms with Crippen molar-refractivity contribution in [3.8, 4) is 11.4 Å². The molecular weight excluding hydrogens is 292 g/mol. The van der Waals surface area contributed by atoms with Crippen LogP contribution in [-0.2, 0) is 6.42 Å². The molecule has 0 unspecified atom stereocenters. The van der Waals surface area contributed by atoms with Crippen LogP contribution in [-0.4, -0.2) is 38.1 Å². The Morgan fingerprint density at radius 1 is 1.50 bits per heavy atom. The van der Waals surface area contributed by atoms with Crippen LogP contribution in [0.4, 0.5) is 5.69 Å². The quantitative estimate of drug-likeness (QED) is 0.638. The summed E-state index contributed by atoms with van der Waals surface area (Å²) < 4.78 is 6.24. The number of nitro benzene ring substituents is 1. The van der Waals surface area contributed by atoms with Crippen LogP contribution in [0.5, 0.6) is 5.75 Å². The minimum atomic E-state index is -1.18. The molecule has 0 fully saturated rings. The highest BCUT2D eigenvalue weighted by Gasteiger charge is 2.22. The molecule has 0 amide bonds. The fraction of sp³-hybridized carbons (Fsp3) is 0.308. The number of nitrogens with zero attached hydrogens (tertiary/aromatic N) is 4. The molecule has 0 aliphatic heterocycles. The Labute approximate surface area is 125 Å². The monoisotopic (exact) mass is 306 g/mol. The van der Waals surface area contributed by atoms with Crippen molar-refractivity contribution in [3.63, 3.8) is 0 Å². The second-order valence-electron chi connectivity index (χ2n) is 4.46. The summed E-state index contributed by atoms with van der Waals surface area (Å²) in [6.45, 7) is 1.89. The Balaban J connectivity index is 2.59. The first kappa shape index (κ1) is 15.4. The van der Waals surface area contributed by atoms with Crippen LogP contribution in [0.1, 0.15) is 29.5 Å². The third-order valence-electron chi connectivity index (χ3n) is 3.06. The van der Waals surface area contributed by atoms with Crippen molar-refractivity contribution >= 4 is 11.7 Å². The lowest BCUT2D eigenvalue weighted by atomic mass is 10.2. The van der Waals surface area contributed by atoms with Crippen LogP contribution in [0.15, 0.2) is 18.2 Å². The minimum Gasteiger partial charge on any atom is -0.490 e. The summed E-state index contributed by atoms with van der Waals surface area (Å²) in [6, 6.07) is 4.27. The van der Waals surface area contributed by atoms with Gasteiger partial charge in [-0.2, -0.15) is 0 Å². The van der Waals surface area contributed by atoms with E-state index in [1.54, 1.807) is 6.07 Å². The number of carboxylic acid groups (broad SMARTS) is 1. The van der Waals surface area contributed by atoms with Gasteiger partial charge >= 0.3 is 11.7 Å². The number of aromatic carboxylic acids is 1. The van der Waals surface area contributed by atoms with E-state index in [2.05, 4.69) is 10.3 Å². The lowest BCUT2D eigenvalue weighted by Crippen LogP contribution is -2.07. The zero-order valence-electron chi connectivity index (χ0n) is 12.0. The molecule has 0 radical (unpaired) electrons. The van der Waals surface area contributed by atoms with Crippen LogP contribution in [0.2, 0.25) is 0 Å². The van der Waals surface area contributed by atoms with Crippen LogP contribution in [0.25, 0.3) is 5.69 Å². The Morgan fingerprint density at radius 3 is 2.77 bits per heavy atom. The van der Waals surface area contributed by atoms with E-state index in [-0.39, 0.29) is 17.1 Å². The van der Waals surface area contributed by atoms with Crippen molar-refractivity contribution in [1.29, 1.82) is 0 Å². The largest absolute Gasteiger partial charge is 0.490 e. The summed E-state index contributed by atoms with van der Waals surface area (Å²) in [7, 11) is 1.34. The van der Waals surface area contributed by atoms with Gasteiger partial charge in [0.1, 0.15) is 0 Å². The first-order valence-electron chi connectivity index (χ1n) is 6.50. The molecule has 9 nitrogen and oxygen atoms in total. The molecule has 2 rings (SSSR count). The normalized spacial score (nSPS) is 10.5. The smallest absolute Gasteiger partial charge is 0.358 e. The van der Waals surface area contributed by atoms with Gasteiger partial charge in [-0.1, -0.05) is 18.6 Å². The van der Waals surface area contributed by atoms with Crippen molar-refractivity contribution in [3.05, 3.63) is 39.7 Å². The number of carbonyl (C=O) groups is 1. The molecule has 1 heterocycles. The van der Waals surface area contributed by atoms with Crippen molar-refractivity contribution in [1.82, 2.24) is 15.0 Å². The average molecular weight is 306 g/mol. The van der Waals surface area contributed by atoms with E-state index in [4.69, 9.17) is 9.84 Å². The molecule has 1 aromatic heterocycles. The molecule has 1 aromatic carbocycles. The molecule has 116 valence electrons. The summed E-state index contributed by atoms with van der Waals surface area (Å²) >= 11 is 0. The van der Waals surface area contributed by atoms with Gasteiger partial charge in [-0.3, -0.25) is 10.1 Å². The van der Waals surface area contributed by atoms with Crippen molar-refractivity contribution in [2.75, 3.05) is 7.11 Å². The zero-order chi connectivity index (χ0) is 16.3. The van der Waals surface area contributed by atoms with Gasteiger partial charge in [0.15, 0.2) is 11.4 Å². The fourth-order valence-corrected chi connectivity index (χ4v) is 2.09. The van der Waals surface area contributed by atoms with Crippen LogP contribution < -0.4 is 4.74 Å². The minimum absolute atomic E-state index is 0.115. The first-order valence-corrected chi connectivity index (χ1v) is 6.50. The summed E-state index contributed by atoms with van der Waals surface area (Å²) in [6.07, 6.45) is 1.13. The van der Waals surface area contributed by atoms with Gasteiger partial charge in [0.2, 0.25) is 0 Å². The highest BCUT2D eigenvalue weighted by atomic mass is 16.6. The molecule has 0 saturated heterocycles. The van der Waals surface area contributed by atoms with Crippen LogP contribution in [0, 0.1) is 10.1 Å². The molecule has 0 aliphatic rings. The fourth-order valence-electron chi connectivity index (χ4n) is 2.09. The SMILES string of the molecule is CCCc1c(C(=O)O)nnn1-c1ccc(OC)c([N+](=O)[O-])c1. The summed E-state index contributed by atoms with van der Waals surface area (Å²) in [5.74, 6) is -1.07. The van der Waals surface area contributed by atoms with Gasteiger partial charge in [-0.05, 0) is 18.6 Å². The third-order valence-corrected chi connectivity index (χ3v) is 3.06. The first-order chi connectivity index (χ1) is 10.5. The van der Waals surface area contributed by atoms with E-state index in [9.17, 15) is 14.9 Å². The maximum Gasteiger partial charge on any atom is 0.358 e. The molecule has 0 saturated carbocycles. The van der Waals surface area contributed by atoms with Gasteiger partial charge in [-0.15, -0.1) is 5.10 Å². The van der Waals surface area contributed by atoms with E-state index >= 15 is 0 Å². The Kier molecular flexibility index (Phi) is 4.35. The predicted molar refractivity (Wildman–Crippen MR) is 75.5 cm³/mol. The molecule has 2 aromatic rings. The number of aromatic nitrogens is 3. The highest BCUT2D eigenvalue weighted by Crippen LogP contribution is 2.29. The lowest BCUT2D eigenvalue weighted by molar-refractivity contribution is -0.385. The van der Waals surface area contributed by atoms with Gasteiger partial charge < -0.3 is 9.84 Å². The van der Waals surface area contributed by atoms with Crippen molar-refractivity contribution in [2.45, 2.75) is 19.8 Å². The summed E-state index contributed by atoms with van der Waals surface area (Å²) in [5, 5.41) is 27.7. The van der Waals surface area contributed by atoms with E-state index < -0.39 is 10.9 Å². The lowest BCUT2D eigenvalue weighted by Gasteiger charge is -2.08. The molecule has 1 N–H and O–H groups in total. The van der Waals surface area contributed by atoms with Crippen LogP contribution >= 0.6 is 0 Å². The Bertz CT molecular complexity index is 725. The number of ether oxygens (including phenoxy) is 1. The van der Waals surface area contributed by atoms with E-state index in [1.807, 2.05) is 6.92 Å². The number of carboxylic acids is 1. The van der Waals surface area contributed by atoms with E-state index in [1.165, 1.54) is 23.9 Å². The maximum absolute atomic E-state index is 11.2. The molecule has 0 atom stereocenters. The van der Waals surface area contributed by atoms with Crippen molar-refractivity contribution < 1.29 is 19.6 Å². The molecular formula is C13H14N4O5. The average Bonchev–Trinajstić information content (AvgIpc) is 2.90. The Morgan fingerprint density at radius 2 is 2.23 bits per heavy atom. The van der Waals surface area contributed by atoms with Gasteiger partial charge in [0.05, 0.1) is 23.4 Å². The van der Waals surface area contributed by atoms with Gasteiger partial charge in [-0.25, -0.2) is 9.48 Å². The predicted octanol–water partition coefficient (Wildman–Crippen LogP) is 1.83. The standard InChI is InChI=1S/C13H14N4O5/c1-3-4-9-12(13(18)19)14-15-16(9)8-5-6-11(22-2)10(7-8)17(20)21/h5-7H,3-4H2,1-2H3,(H,18,19). The second-order valence-corrected chi connectivity index (χ2v) is 4.46. The molecule has 0 aliphatic carbocycles. The number of hydrogen-bond acceptors (Lipinski definition) is 6. The third kappa shape index (κ3) is 2.73. The summed E-state index contributed by atoms with van der Waals surface area (Å²) in [4.78, 5) is 21.7. The zero-order valence-corrected chi connectivity index (χ0v) is 12.0. The number of rotatable bonds is 6. The number of benzene rings is 1. The summed E-state index contributed by atoms with van der Waals surface area (Å²) in [5.41, 5.74) is 0.376. The molecule has 0 spiro atoms. The number of methoxy groups -OCH3 is 1. The van der Waals surface area contributed by atoms with Gasteiger partial charge in [0.25, 0.3) is 0 Å². The second kappa shape index (κ2) is 6.20. The molecule has 0 bridgehead atoms. The van der Waals surface area contributed by atoms with E-state index in [0.29, 0.717) is 24.2 Å². The van der Waals surface area contributed by atoms with Crippen molar-refractivity contribution in [2.24, 2.45) is 0 Å². The number of nitro groups is 1. The molecule has 22 heavy (non-hydrogen) atoms. The Hall–Kier alpha value is -2.97. The van der Waals surface area contributed by atoms with Crippen LogP contribution in [0.3, 0.4) is 0 Å².